The molecule has 2 N–H and O–H groups in total. The van der Waals surface area contributed by atoms with E-state index < -0.39 is 5.60 Å². The summed E-state index contributed by atoms with van der Waals surface area (Å²) in [6.07, 6.45) is 1.28. The Labute approximate surface area is 130 Å². The van der Waals surface area contributed by atoms with Gasteiger partial charge in [-0.05, 0) is 43.0 Å². The lowest BCUT2D eigenvalue weighted by Crippen LogP contribution is -2.48. The molecule has 22 heavy (non-hydrogen) atoms. The van der Waals surface area contributed by atoms with Crippen LogP contribution in [-0.2, 0) is 11.2 Å². The van der Waals surface area contributed by atoms with Crippen molar-refractivity contribution in [2.45, 2.75) is 39.2 Å². The molecule has 0 saturated heterocycles. The normalized spacial score (nSPS) is 21.2. The van der Waals surface area contributed by atoms with Crippen molar-refractivity contribution in [1.29, 1.82) is 0 Å². The van der Waals surface area contributed by atoms with Gasteiger partial charge in [-0.3, -0.25) is 4.79 Å². The van der Waals surface area contributed by atoms with Gasteiger partial charge in [-0.25, -0.2) is 4.39 Å². The third kappa shape index (κ3) is 3.77. The molecule has 4 nitrogen and oxygen atoms in total. The molecule has 1 aromatic carbocycles. The topological polar surface area (TPSA) is 58.6 Å². The fraction of sp³-hybridized carbons (Fsp3) is 0.588. The Morgan fingerprint density at radius 1 is 1.59 bits per heavy atom. The molecular formula is C17H24FNO3. The molecule has 1 amide bonds. The zero-order chi connectivity index (χ0) is 16.3. The molecule has 0 saturated carbocycles. The van der Waals surface area contributed by atoms with E-state index in [1.807, 2.05) is 13.8 Å². The van der Waals surface area contributed by atoms with Gasteiger partial charge in [0.15, 0.2) is 0 Å². The summed E-state index contributed by atoms with van der Waals surface area (Å²) in [5, 5.41) is 13.1. The van der Waals surface area contributed by atoms with Crippen LogP contribution in [-0.4, -0.2) is 29.8 Å². The highest BCUT2D eigenvalue weighted by atomic mass is 19.1. The van der Waals surface area contributed by atoms with Crippen LogP contribution >= 0.6 is 0 Å². The number of benzene rings is 1. The minimum atomic E-state index is -0.941. The third-order valence-corrected chi connectivity index (χ3v) is 4.59. The van der Waals surface area contributed by atoms with Crippen LogP contribution in [0, 0.1) is 17.7 Å². The Kier molecular flexibility index (Phi) is 5.06. The first-order valence-corrected chi connectivity index (χ1v) is 7.74. The predicted octanol–water partition coefficient (Wildman–Crippen LogP) is 2.29. The molecule has 3 unspecified atom stereocenters. The van der Waals surface area contributed by atoms with E-state index in [0.29, 0.717) is 17.7 Å². The highest BCUT2D eigenvalue weighted by Gasteiger charge is 2.30. The molecule has 5 heteroatoms. The Hall–Kier alpha value is -1.62. The van der Waals surface area contributed by atoms with E-state index in [2.05, 4.69) is 5.32 Å². The highest BCUT2D eigenvalue weighted by Crippen LogP contribution is 2.28. The van der Waals surface area contributed by atoms with Crippen molar-refractivity contribution in [1.82, 2.24) is 5.32 Å². The van der Waals surface area contributed by atoms with Crippen molar-refractivity contribution < 1.29 is 19.0 Å². The first kappa shape index (κ1) is 16.7. The predicted molar refractivity (Wildman–Crippen MR) is 82.2 cm³/mol. The number of halogens is 1. The van der Waals surface area contributed by atoms with E-state index in [-0.39, 0.29) is 36.7 Å². The van der Waals surface area contributed by atoms with Gasteiger partial charge in [-0.15, -0.1) is 0 Å². The summed E-state index contributed by atoms with van der Waals surface area (Å²) in [4.78, 5) is 12.3. The summed E-state index contributed by atoms with van der Waals surface area (Å²) < 4.78 is 18.8. The van der Waals surface area contributed by atoms with Crippen LogP contribution in [0.25, 0.3) is 0 Å². The number of ether oxygens (including phenoxy) is 1. The van der Waals surface area contributed by atoms with Crippen LogP contribution in [0.5, 0.6) is 5.75 Å². The Bertz CT molecular complexity index is 545. The number of aliphatic hydroxyl groups is 1. The third-order valence-electron chi connectivity index (χ3n) is 4.59. The minimum absolute atomic E-state index is 0.0882. The van der Waals surface area contributed by atoms with Gasteiger partial charge in [0.1, 0.15) is 18.2 Å². The molecule has 0 spiro atoms. The van der Waals surface area contributed by atoms with Gasteiger partial charge < -0.3 is 15.2 Å². The number of nitrogens with one attached hydrogen (secondary N) is 1. The van der Waals surface area contributed by atoms with Crippen molar-refractivity contribution in [2.75, 3.05) is 13.2 Å². The van der Waals surface area contributed by atoms with Gasteiger partial charge in [-0.1, -0.05) is 20.3 Å². The maximum absolute atomic E-state index is 13.3. The molecule has 1 aromatic rings. The SMILES string of the molecule is CCC(C)C(C)(O)CNC(=O)C1COc2ccc(F)cc2C1. The maximum atomic E-state index is 13.3. The molecule has 1 aliphatic heterocycles. The molecule has 0 radical (unpaired) electrons. The zero-order valence-electron chi connectivity index (χ0n) is 13.4. The highest BCUT2D eigenvalue weighted by molar-refractivity contribution is 5.79. The first-order valence-electron chi connectivity index (χ1n) is 7.74. The van der Waals surface area contributed by atoms with Crippen LogP contribution < -0.4 is 10.1 Å². The van der Waals surface area contributed by atoms with Crippen LogP contribution in [0.3, 0.4) is 0 Å². The minimum Gasteiger partial charge on any atom is -0.492 e. The molecule has 122 valence electrons. The Balaban J connectivity index is 1.95. The lowest BCUT2D eigenvalue weighted by atomic mass is 9.88. The summed E-state index contributed by atoms with van der Waals surface area (Å²) in [6.45, 7) is 6.16. The number of hydrogen-bond acceptors (Lipinski definition) is 3. The Morgan fingerprint density at radius 3 is 3.00 bits per heavy atom. The van der Waals surface area contributed by atoms with Crippen molar-refractivity contribution in [3.8, 4) is 5.75 Å². The second-order valence-corrected chi connectivity index (χ2v) is 6.35. The lowest BCUT2D eigenvalue weighted by molar-refractivity contribution is -0.128. The Morgan fingerprint density at radius 2 is 2.32 bits per heavy atom. The monoisotopic (exact) mass is 309 g/mol. The molecular weight excluding hydrogens is 285 g/mol. The molecule has 0 aliphatic carbocycles. The fourth-order valence-corrected chi connectivity index (χ4v) is 2.56. The summed E-state index contributed by atoms with van der Waals surface area (Å²) >= 11 is 0. The molecule has 0 aromatic heterocycles. The average molecular weight is 309 g/mol. The van der Waals surface area contributed by atoms with Gasteiger partial charge in [0, 0.05) is 6.54 Å². The molecule has 1 heterocycles. The fourth-order valence-electron chi connectivity index (χ4n) is 2.56. The largest absolute Gasteiger partial charge is 0.492 e. The van der Waals surface area contributed by atoms with E-state index in [0.717, 1.165) is 6.42 Å². The van der Waals surface area contributed by atoms with Crippen LogP contribution in [0.2, 0.25) is 0 Å². The number of carbonyl (C=O) groups is 1. The van der Waals surface area contributed by atoms with Crippen LogP contribution in [0.4, 0.5) is 4.39 Å². The number of hydrogen-bond donors (Lipinski definition) is 2. The van der Waals surface area contributed by atoms with E-state index in [1.54, 1.807) is 13.0 Å². The maximum Gasteiger partial charge on any atom is 0.226 e. The number of carbonyl (C=O) groups excluding carboxylic acids is 1. The van der Waals surface area contributed by atoms with Crippen molar-refractivity contribution in [2.24, 2.45) is 11.8 Å². The van der Waals surface area contributed by atoms with Crippen LogP contribution in [0.1, 0.15) is 32.8 Å². The molecule has 2 rings (SSSR count). The van der Waals surface area contributed by atoms with Gasteiger partial charge in [0.05, 0.1) is 11.5 Å². The smallest absolute Gasteiger partial charge is 0.226 e. The second kappa shape index (κ2) is 6.65. The van der Waals surface area contributed by atoms with E-state index >= 15 is 0 Å². The van der Waals surface area contributed by atoms with Crippen molar-refractivity contribution in [3.63, 3.8) is 0 Å². The molecule has 0 fully saturated rings. The summed E-state index contributed by atoms with van der Waals surface area (Å²) in [5.74, 6) is -0.133. The quantitative estimate of drug-likeness (QED) is 0.877. The molecule has 3 atom stereocenters. The average Bonchev–Trinajstić information content (AvgIpc) is 2.50. The zero-order valence-corrected chi connectivity index (χ0v) is 13.4. The van der Waals surface area contributed by atoms with Gasteiger partial charge in [0.25, 0.3) is 0 Å². The van der Waals surface area contributed by atoms with Gasteiger partial charge >= 0.3 is 0 Å². The van der Waals surface area contributed by atoms with Crippen molar-refractivity contribution >= 4 is 5.91 Å². The van der Waals surface area contributed by atoms with Gasteiger partial charge in [-0.2, -0.15) is 0 Å². The van der Waals surface area contributed by atoms with Crippen molar-refractivity contribution in [3.05, 3.63) is 29.6 Å². The lowest BCUT2D eigenvalue weighted by Gasteiger charge is -2.31. The molecule has 0 bridgehead atoms. The molecule has 1 aliphatic rings. The van der Waals surface area contributed by atoms with E-state index in [4.69, 9.17) is 4.74 Å². The number of amides is 1. The van der Waals surface area contributed by atoms with Crippen LogP contribution in [0.15, 0.2) is 18.2 Å². The summed E-state index contributed by atoms with van der Waals surface area (Å²) in [5.41, 5.74) is -0.232. The second-order valence-electron chi connectivity index (χ2n) is 6.35. The van der Waals surface area contributed by atoms with Gasteiger partial charge in [0.2, 0.25) is 5.91 Å². The standard InChI is InChI=1S/C17H24FNO3/c1-4-11(2)17(3,21)10-19-16(20)13-7-12-8-14(18)5-6-15(12)22-9-13/h5-6,8,11,13,21H,4,7,9-10H2,1-3H3,(H,19,20). The number of rotatable bonds is 5. The first-order chi connectivity index (χ1) is 10.3. The summed E-state index contributed by atoms with van der Waals surface area (Å²) in [6, 6.07) is 4.35. The summed E-state index contributed by atoms with van der Waals surface area (Å²) in [7, 11) is 0. The number of fused-ring (bicyclic) bond motifs is 1. The van der Waals surface area contributed by atoms with E-state index in [1.165, 1.54) is 12.1 Å². The van der Waals surface area contributed by atoms with E-state index in [9.17, 15) is 14.3 Å².